The van der Waals surface area contributed by atoms with Crippen molar-refractivity contribution >= 4 is 22.7 Å². The third-order valence-corrected chi connectivity index (χ3v) is 3.68. The van der Waals surface area contributed by atoms with Gasteiger partial charge in [0.2, 0.25) is 5.78 Å². The number of ether oxygens (including phenoxy) is 2. The van der Waals surface area contributed by atoms with E-state index in [-0.39, 0.29) is 12.4 Å². The molecule has 3 rings (SSSR count). The number of carbonyl (C=O) groups is 2. The van der Waals surface area contributed by atoms with E-state index in [1.165, 1.54) is 0 Å². The summed E-state index contributed by atoms with van der Waals surface area (Å²) in [7, 11) is 0. The van der Waals surface area contributed by atoms with Crippen LogP contribution >= 0.6 is 0 Å². The molecule has 5 nitrogen and oxygen atoms in total. The maximum Gasteiger partial charge on any atom is 0.347 e. The third kappa shape index (κ3) is 4.07. The van der Waals surface area contributed by atoms with E-state index in [0.717, 1.165) is 10.9 Å². The number of para-hydroxylation sites is 1. The van der Waals surface area contributed by atoms with Crippen LogP contribution in [-0.4, -0.2) is 24.5 Å². The molecule has 5 heteroatoms. The van der Waals surface area contributed by atoms with Crippen molar-refractivity contribution in [3.63, 3.8) is 0 Å². The van der Waals surface area contributed by atoms with Crippen LogP contribution in [0.1, 0.15) is 23.0 Å². The molecule has 128 valence electrons. The van der Waals surface area contributed by atoms with Crippen LogP contribution in [0.3, 0.4) is 0 Å². The highest BCUT2D eigenvalue weighted by Crippen LogP contribution is 2.19. The molecule has 1 aromatic heterocycles. The lowest BCUT2D eigenvalue weighted by Gasteiger charge is -2.13. The summed E-state index contributed by atoms with van der Waals surface area (Å²) in [6, 6.07) is 16.3. The summed E-state index contributed by atoms with van der Waals surface area (Å²) in [6.07, 6.45) is -0.815. The Hall–Kier alpha value is -3.08. The molecule has 0 N–H and O–H groups in total. The number of hydrogen-bond acceptors (Lipinski definition) is 5. The molecule has 0 amide bonds. The number of fused-ring (bicyclic) bond motifs is 1. The fourth-order valence-corrected chi connectivity index (χ4v) is 2.39. The lowest BCUT2D eigenvalue weighted by molar-refractivity contribution is -0.149. The van der Waals surface area contributed by atoms with Gasteiger partial charge < -0.3 is 13.9 Å². The second kappa shape index (κ2) is 7.21. The van der Waals surface area contributed by atoms with Crippen LogP contribution in [0.5, 0.6) is 5.75 Å². The lowest BCUT2D eigenvalue weighted by Crippen LogP contribution is -2.28. The van der Waals surface area contributed by atoms with Gasteiger partial charge in [0.05, 0.1) is 0 Å². The Balaban J connectivity index is 1.56. The van der Waals surface area contributed by atoms with E-state index < -0.39 is 17.9 Å². The molecule has 1 heterocycles. The Labute approximate surface area is 145 Å². The molecular weight excluding hydrogens is 320 g/mol. The van der Waals surface area contributed by atoms with Crippen LogP contribution in [0.4, 0.5) is 0 Å². The quantitative estimate of drug-likeness (QED) is 0.503. The predicted molar refractivity (Wildman–Crippen MR) is 92.8 cm³/mol. The molecule has 1 atom stereocenters. The van der Waals surface area contributed by atoms with E-state index in [2.05, 4.69) is 0 Å². The number of furan rings is 1. The Morgan fingerprint density at radius 2 is 1.88 bits per heavy atom. The number of aryl methyl sites for hydroxylation is 1. The van der Waals surface area contributed by atoms with Gasteiger partial charge >= 0.3 is 5.97 Å². The summed E-state index contributed by atoms with van der Waals surface area (Å²) in [5, 5.41) is 0.827. The minimum absolute atomic E-state index is 0.168. The first-order valence-corrected chi connectivity index (χ1v) is 7.94. The normalized spacial score (nSPS) is 11.9. The fraction of sp³-hybridized carbons (Fsp3) is 0.200. The second-order valence-electron chi connectivity index (χ2n) is 5.76. The highest BCUT2D eigenvalue weighted by molar-refractivity contribution is 5.99. The zero-order valence-electron chi connectivity index (χ0n) is 14.0. The second-order valence-corrected chi connectivity index (χ2v) is 5.76. The lowest BCUT2D eigenvalue weighted by atomic mass is 10.2. The first-order valence-electron chi connectivity index (χ1n) is 7.94. The fourth-order valence-electron chi connectivity index (χ4n) is 2.39. The standard InChI is InChI=1S/C20H18O5/c1-13-6-5-8-16(10-13)24-14(2)20(22)23-12-17(21)19-11-15-7-3-4-9-18(15)25-19/h3-11,14H,12H2,1-2H3/t14-/m0/s1. The zero-order chi connectivity index (χ0) is 17.8. The SMILES string of the molecule is Cc1cccc(O[C@@H](C)C(=O)OCC(=O)c2cc3ccccc3o2)c1. The molecule has 0 aliphatic heterocycles. The van der Waals surface area contributed by atoms with Crippen LogP contribution in [0, 0.1) is 6.92 Å². The predicted octanol–water partition coefficient (Wildman–Crippen LogP) is 3.93. The van der Waals surface area contributed by atoms with E-state index >= 15 is 0 Å². The monoisotopic (exact) mass is 338 g/mol. The number of carbonyl (C=O) groups excluding carboxylic acids is 2. The van der Waals surface area contributed by atoms with Gasteiger partial charge in [-0.25, -0.2) is 4.79 Å². The summed E-state index contributed by atoms with van der Waals surface area (Å²) in [4.78, 5) is 24.1. The van der Waals surface area contributed by atoms with E-state index in [9.17, 15) is 9.59 Å². The number of rotatable bonds is 6. The molecule has 0 radical (unpaired) electrons. The van der Waals surface area contributed by atoms with Crippen molar-refractivity contribution in [2.45, 2.75) is 20.0 Å². The molecule has 0 aliphatic rings. The third-order valence-electron chi connectivity index (χ3n) is 3.68. The van der Waals surface area contributed by atoms with Gasteiger partial charge in [0, 0.05) is 5.39 Å². The maximum absolute atomic E-state index is 12.1. The van der Waals surface area contributed by atoms with Gasteiger partial charge in [-0.3, -0.25) is 4.79 Å². The summed E-state index contributed by atoms with van der Waals surface area (Å²) >= 11 is 0. The maximum atomic E-state index is 12.1. The zero-order valence-corrected chi connectivity index (χ0v) is 14.0. The van der Waals surface area contributed by atoms with Crippen molar-refractivity contribution in [1.29, 1.82) is 0 Å². The molecule has 0 saturated heterocycles. The number of Topliss-reactive ketones (excluding diaryl/α,β-unsaturated/α-hetero) is 1. The molecule has 0 fully saturated rings. The van der Waals surface area contributed by atoms with Crippen molar-refractivity contribution in [3.8, 4) is 5.75 Å². The first kappa shape index (κ1) is 16.8. The Morgan fingerprint density at radius 1 is 1.08 bits per heavy atom. The average Bonchev–Trinajstić information content (AvgIpc) is 3.03. The van der Waals surface area contributed by atoms with Gasteiger partial charge in [-0.15, -0.1) is 0 Å². The van der Waals surface area contributed by atoms with Crippen molar-refractivity contribution in [2.75, 3.05) is 6.61 Å². The highest BCUT2D eigenvalue weighted by Gasteiger charge is 2.20. The molecule has 0 saturated carbocycles. The topological polar surface area (TPSA) is 65.7 Å². The van der Waals surface area contributed by atoms with Gasteiger partial charge in [0.15, 0.2) is 18.5 Å². The Bertz CT molecular complexity index is 876. The number of ketones is 1. The van der Waals surface area contributed by atoms with Crippen LogP contribution in [0.25, 0.3) is 11.0 Å². The minimum atomic E-state index is -0.815. The van der Waals surface area contributed by atoms with E-state index in [4.69, 9.17) is 13.9 Å². The van der Waals surface area contributed by atoms with E-state index in [1.54, 1.807) is 25.1 Å². The molecule has 0 spiro atoms. The average molecular weight is 338 g/mol. The minimum Gasteiger partial charge on any atom is -0.479 e. The van der Waals surface area contributed by atoms with Gasteiger partial charge in [0.25, 0.3) is 0 Å². The first-order chi connectivity index (χ1) is 12.0. The van der Waals surface area contributed by atoms with Crippen molar-refractivity contribution in [1.82, 2.24) is 0 Å². The molecule has 3 aromatic rings. The summed E-state index contributed by atoms with van der Waals surface area (Å²) in [5.74, 6) is -0.257. The van der Waals surface area contributed by atoms with Gasteiger partial charge in [-0.05, 0) is 43.7 Å². The molecular formula is C20H18O5. The molecule has 0 unspecified atom stereocenters. The van der Waals surface area contributed by atoms with Crippen molar-refractivity contribution in [3.05, 3.63) is 65.9 Å². The molecule has 25 heavy (non-hydrogen) atoms. The summed E-state index contributed by atoms with van der Waals surface area (Å²) in [5.41, 5.74) is 1.64. The Morgan fingerprint density at radius 3 is 2.64 bits per heavy atom. The largest absolute Gasteiger partial charge is 0.479 e. The smallest absolute Gasteiger partial charge is 0.347 e. The van der Waals surface area contributed by atoms with Gasteiger partial charge in [0.1, 0.15) is 11.3 Å². The van der Waals surface area contributed by atoms with E-state index in [0.29, 0.717) is 11.3 Å². The summed E-state index contributed by atoms with van der Waals surface area (Å²) in [6.45, 7) is 3.12. The molecule has 0 aliphatic carbocycles. The number of benzene rings is 2. The number of hydrogen-bond donors (Lipinski definition) is 0. The molecule has 2 aromatic carbocycles. The summed E-state index contributed by atoms with van der Waals surface area (Å²) < 4.78 is 16.0. The van der Waals surface area contributed by atoms with Crippen LogP contribution in [0.2, 0.25) is 0 Å². The molecule has 0 bridgehead atoms. The van der Waals surface area contributed by atoms with Crippen LogP contribution in [-0.2, 0) is 9.53 Å². The van der Waals surface area contributed by atoms with Crippen molar-refractivity contribution < 1.29 is 23.5 Å². The van der Waals surface area contributed by atoms with Crippen molar-refractivity contribution in [2.24, 2.45) is 0 Å². The highest BCUT2D eigenvalue weighted by atomic mass is 16.6. The van der Waals surface area contributed by atoms with E-state index in [1.807, 2.05) is 43.3 Å². The number of esters is 1. The van der Waals surface area contributed by atoms with Gasteiger partial charge in [-0.1, -0.05) is 30.3 Å². The van der Waals surface area contributed by atoms with Crippen LogP contribution in [0.15, 0.2) is 59.0 Å². The Kier molecular flexibility index (Phi) is 4.84. The van der Waals surface area contributed by atoms with Gasteiger partial charge in [-0.2, -0.15) is 0 Å². The van der Waals surface area contributed by atoms with Crippen LogP contribution < -0.4 is 4.74 Å².